The molecule has 23 nitrogen and oxygen atoms in total. The predicted octanol–water partition coefficient (Wildman–Crippen LogP) is 3.06. The third-order valence-corrected chi connectivity index (χ3v) is 15.7. The zero-order valence-electron chi connectivity index (χ0n) is 47.2. The molecule has 78 heavy (non-hydrogen) atoms. The maximum Gasteiger partial charge on any atom is 0.333 e. The average molecular weight is 1120 g/mol. The van der Waals surface area contributed by atoms with Crippen molar-refractivity contribution in [1.29, 1.82) is 0 Å². The fourth-order valence-electron chi connectivity index (χ4n) is 9.89. The van der Waals surface area contributed by atoms with Crippen LogP contribution in [0.15, 0.2) is 11.6 Å². The van der Waals surface area contributed by atoms with Gasteiger partial charge in [0.2, 0.25) is 0 Å². The Morgan fingerprint density at radius 2 is 1.23 bits per heavy atom. The Bertz CT molecular complexity index is 1890. The lowest BCUT2D eigenvalue weighted by Gasteiger charge is -2.50. The van der Waals surface area contributed by atoms with E-state index in [1.165, 1.54) is 40.7 Å². The van der Waals surface area contributed by atoms with E-state index in [2.05, 4.69) is 6.92 Å². The number of rotatable bonds is 14. The fraction of sp³-hybridized carbons (Fsp3) is 0.891. The van der Waals surface area contributed by atoms with Crippen molar-refractivity contribution in [3.05, 3.63) is 11.6 Å². The van der Waals surface area contributed by atoms with Crippen LogP contribution in [0.3, 0.4) is 0 Å². The molecule has 0 saturated carbocycles. The van der Waals surface area contributed by atoms with E-state index in [0.717, 1.165) is 51.4 Å². The van der Waals surface area contributed by atoms with Crippen molar-refractivity contribution in [3.63, 3.8) is 0 Å². The van der Waals surface area contributed by atoms with Crippen molar-refractivity contribution >= 4 is 23.9 Å². The van der Waals surface area contributed by atoms with Crippen LogP contribution in [0.5, 0.6) is 0 Å². The lowest BCUT2D eigenvalue weighted by molar-refractivity contribution is -0.399. The molecule has 0 unspecified atom stereocenters. The number of unbranched alkanes of at least 4 members (excludes halogenated alkanes) is 1. The molecule has 23 heteroatoms. The van der Waals surface area contributed by atoms with Gasteiger partial charge in [0.25, 0.3) is 0 Å². The van der Waals surface area contributed by atoms with E-state index >= 15 is 0 Å². The largest absolute Gasteiger partial charge is 0.463 e. The van der Waals surface area contributed by atoms with E-state index in [1.54, 1.807) is 27.7 Å². The van der Waals surface area contributed by atoms with Crippen LogP contribution in [-0.2, 0) is 76.0 Å². The highest BCUT2D eigenvalue weighted by atomic mass is 16.8. The van der Waals surface area contributed by atoms with Crippen molar-refractivity contribution < 1.29 is 112 Å². The monoisotopic (exact) mass is 1120 g/mol. The zero-order chi connectivity index (χ0) is 57.5. The highest BCUT2D eigenvalue weighted by molar-refractivity contribution is 5.87. The summed E-state index contributed by atoms with van der Waals surface area (Å²) < 4.78 is 74.4. The van der Waals surface area contributed by atoms with Gasteiger partial charge in [-0.05, 0) is 74.1 Å². The number of hydrogen-bond donors (Lipinski definition) is 7. The maximum absolute atomic E-state index is 14.1. The zero-order valence-corrected chi connectivity index (χ0v) is 47.2. The summed E-state index contributed by atoms with van der Waals surface area (Å²) in [4.78, 5) is 53.8. The van der Waals surface area contributed by atoms with Gasteiger partial charge in [0.05, 0.1) is 42.4 Å². The van der Waals surface area contributed by atoms with Gasteiger partial charge in [-0.25, -0.2) is 4.79 Å². The van der Waals surface area contributed by atoms with E-state index in [4.69, 9.17) is 56.8 Å². The van der Waals surface area contributed by atoms with Gasteiger partial charge in [-0.3, -0.25) is 14.4 Å². The van der Waals surface area contributed by atoms with Gasteiger partial charge in [0, 0.05) is 12.0 Å². The molecule has 0 aromatic carbocycles. The van der Waals surface area contributed by atoms with Crippen molar-refractivity contribution in [3.8, 4) is 0 Å². The number of esters is 4. The molecule has 7 N–H and O–H groups in total. The van der Waals surface area contributed by atoms with E-state index in [9.17, 15) is 54.9 Å². The fourth-order valence-corrected chi connectivity index (χ4v) is 9.89. The van der Waals surface area contributed by atoms with Crippen LogP contribution >= 0.6 is 0 Å². The Kier molecular flexibility index (Phi) is 26.5. The lowest BCUT2D eigenvalue weighted by Crippen LogP contribution is -2.68. The molecule has 450 valence electrons. The van der Waals surface area contributed by atoms with Crippen molar-refractivity contribution in [1.82, 2.24) is 0 Å². The molecule has 5 saturated heterocycles. The second kappa shape index (κ2) is 31.5. The number of allylic oxidation sites excluding steroid dienone is 1. The second-order valence-electron chi connectivity index (χ2n) is 21.9. The molecule has 0 aliphatic carbocycles. The Balaban J connectivity index is 1.59. The van der Waals surface area contributed by atoms with Gasteiger partial charge >= 0.3 is 23.9 Å². The summed E-state index contributed by atoms with van der Waals surface area (Å²) in [5.74, 6) is -4.64. The number of ether oxygens (including phenoxy) is 12. The van der Waals surface area contributed by atoms with Crippen LogP contribution in [-0.4, -0.2) is 201 Å². The number of carbonyl (C=O) groups excluding carboxylic acids is 4. The minimum Gasteiger partial charge on any atom is -0.463 e. The number of fused-ring (bicyclic) bond motifs is 4. The highest BCUT2D eigenvalue weighted by Gasteiger charge is 2.58. The first-order valence-electron chi connectivity index (χ1n) is 28.4. The summed E-state index contributed by atoms with van der Waals surface area (Å²) in [7, 11) is 0. The number of hydrogen-bond acceptors (Lipinski definition) is 23. The van der Waals surface area contributed by atoms with Gasteiger partial charge in [0.15, 0.2) is 43.5 Å². The molecule has 2 bridgehead atoms. The molecule has 5 heterocycles. The topological polar surface area (TPSA) is 321 Å². The second-order valence-corrected chi connectivity index (χ2v) is 21.9. The maximum atomic E-state index is 14.1. The third kappa shape index (κ3) is 17.5. The Morgan fingerprint density at radius 1 is 0.641 bits per heavy atom. The summed E-state index contributed by atoms with van der Waals surface area (Å²) in [6, 6.07) is 0. The van der Waals surface area contributed by atoms with Crippen LogP contribution in [0, 0.1) is 11.8 Å². The molecular formula is C55H92O23. The van der Waals surface area contributed by atoms with Gasteiger partial charge in [-0.2, -0.15) is 0 Å². The molecule has 0 aromatic rings. The molecule has 5 fully saturated rings. The first-order chi connectivity index (χ1) is 37.0. The average Bonchev–Trinajstić information content (AvgIpc) is 3.51. The number of aliphatic hydroxyl groups is 7. The van der Waals surface area contributed by atoms with Gasteiger partial charge in [-0.15, -0.1) is 0 Å². The summed E-state index contributed by atoms with van der Waals surface area (Å²) >= 11 is 0. The van der Waals surface area contributed by atoms with Crippen molar-refractivity contribution in [2.45, 2.75) is 294 Å². The van der Waals surface area contributed by atoms with E-state index in [-0.39, 0.29) is 18.1 Å². The van der Waals surface area contributed by atoms with Crippen LogP contribution in [0.25, 0.3) is 0 Å². The summed E-state index contributed by atoms with van der Waals surface area (Å²) in [5.41, 5.74) is 0.0992. The predicted molar refractivity (Wildman–Crippen MR) is 273 cm³/mol. The molecule has 0 amide bonds. The number of aliphatic hydroxyl groups excluding tert-OH is 7. The number of carbonyl (C=O) groups is 4. The van der Waals surface area contributed by atoms with Crippen molar-refractivity contribution in [2.75, 3.05) is 6.61 Å². The molecular weight excluding hydrogens is 1030 g/mol. The highest BCUT2D eigenvalue weighted by Crippen LogP contribution is 2.38. The minimum atomic E-state index is -2.03. The van der Waals surface area contributed by atoms with Crippen LogP contribution in [0.4, 0.5) is 0 Å². The third-order valence-electron chi connectivity index (χ3n) is 15.7. The molecule has 0 radical (unpaired) electrons. The molecule has 24 atom stereocenters. The Hall–Kier alpha value is -2.98. The van der Waals surface area contributed by atoms with Crippen molar-refractivity contribution in [2.24, 2.45) is 11.8 Å². The van der Waals surface area contributed by atoms with Gasteiger partial charge in [0.1, 0.15) is 67.6 Å². The van der Waals surface area contributed by atoms with Gasteiger partial charge in [-0.1, -0.05) is 84.6 Å². The lowest BCUT2D eigenvalue weighted by atomic mass is 9.95. The molecule has 5 aliphatic rings. The standard InChI is InChI=1S/C55H92O23/c1-11-14-23-34-24-21-19-17-15-16-18-20-22-25-36(57)73-47-44(76-52-42(63)41(62)43(32(9)69-52)74-49(64)27(4)12-2)33(10)70-55(48(47)75-50(65)28(5)13-3)78-46-40(61)38(59)35(26-67-51(66)29(6)30(7)56)72-54(46)77-45-39(60)37(58)31(8)68-53(45)71-34/h13,27,29-35,37-48,52-56,58-63H,11-12,14-26H2,1-10H3/b28-13+/t27-,29-,30-,31+,32+,33+,34+,35-,37+,38-,39+,40-,41+,42+,43-,44-,45+,46+,47+,48-,52-,53-,54-,55+/m0/s1. The molecule has 5 rings (SSSR count). The molecule has 0 spiro atoms. The van der Waals surface area contributed by atoms with E-state index < -0.39 is 171 Å². The minimum absolute atomic E-state index is 0.0735. The summed E-state index contributed by atoms with van der Waals surface area (Å²) in [6.45, 7) is 15.3. The summed E-state index contributed by atoms with van der Waals surface area (Å²) in [5, 5.41) is 80.0. The first-order valence-corrected chi connectivity index (χ1v) is 28.4. The Labute approximate surface area is 458 Å². The van der Waals surface area contributed by atoms with Gasteiger partial charge < -0.3 is 92.6 Å². The SMILES string of the molecule is C/C=C(\C)C(=O)O[C@@H]1[C@H]2O[C@H]3[C@H](O[C@H]4[C@H](O[C@H](CCCC)CCCCCCCCCCC(=O)O[C@@H]1[C@@H](O[C@@H]1O[C@H](C)[C@H](OC(=O)[C@@H](C)CC)[C@H](O)[C@H]1O)[C@@H](C)O2)O[C@H](C)[C@@H](O)[C@H]4O)O[C@@H](COC(=O)[C@@H](C)[C@H](C)O)[C@H](O)[C@@H]3O. The molecule has 0 aromatic heterocycles. The first kappa shape index (κ1) is 65.8. The smallest absolute Gasteiger partial charge is 0.333 e. The normalized spacial score (nSPS) is 40.4. The van der Waals surface area contributed by atoms with E-state index in [1.807, 2.05) is 0 Å². The molecule has 5 aliphatic heterocycles. The van der Waals surface area contributed by atoms with Crippen LogP contribution < -0.4 is 0 Å². The quantitative estimate of drug-likeness (QED) is 0.0747. The van der Waals surface area contributed by atoms with Crippen LogP contribution in [0.1, 0.15) is 159 Å². The van der Waals surface area contributed by atoms with E-state index in [0.29, 0.717) is 32.1 Å². The summed E-state index contributed by atoms with van der Waals surface area (Å²) in [6.07, 6.45) is -22.1. The van der Waals surface area contributed by atoms with Crippen LogP contribution in [0.2, 0.25) is 0 Å². The Morgan fingerprint density at radius 3 is 1.86 bits per heavy atom.